The third-order valence-corrected chi connectivity index (χ3v) is 1.71. The lowest BCUT2D eigenvalue weighted by molar-refractivity contribution is -0.132. The van der Waals surface area contributed by atoms with Crippen LogP contribution in [0.2, 0.25) is 0 Å². The predicted octanol–water partition coefficient (Wildman–Crippen LogP) is 1.04. The molecule has 3 N–H and O–H groups in total. The molecule has 0 radical (unpaired) electrons. The van der Waals surface area contributed by atoms with Crippen molar-refractivity contribution in [3.63, 3.8) is 0 Å². The van der Waals surface area contributed by atoms with E-state index in [1.807, 2.05) is 0 Å². The molecule has 0 aliphatic carbocycles. The number of halogens is 3. The van der Waals surface area contributed by atoms with Crippen LogP contribution in [0.5, 0.6) is 0 Å². The van der Waals surface area contributed by atoms with Crippen molar-refractivity contribution in [2.24, 2.45) is 10.7 Å². The second kappa shape index (κ2) is 5.25. The molecule has 1 heterocycles. The maximum atomic E-state index is 12.7. The van der Waals surface area contributed by atoms with E-state index in [0.717, 1.165) is 6.07 Å². The van der Waals surface area contributed by atoms with Crippen molar-refractivity contribution < 1.29 is 23.1 Å². The number of hydrogen-bond donors (Lipinski definition) is 2. The average Bonchev–Trinajstić information content (AvgIpc) is 2.28. The van der Waals surface area contributed by atoms with Gasteiger partial charge in [-0.3, -0.25) is 0 Å². The van der Waals surface area contributed by atoms with Crippen LogP contribution >= 0.6 is 0 Å². The number of aromatic nitrogens is 2. The monoisotopic (exact) mass is 260 g/mol. The molecule has 96 valence electrons. The van der Waals surface area contributed by atoms with Gasteiger partial charge in [-0.25, -0.2) is 9.79 Å². The molecule has 0 atom stereocenters. The number of alkyl halides is 3. The van der Waals surface area contributed by atoms with Gasteiger partial charge in [0.1, 0.15) is 5.57 Å². The van der Waals surface area contributed by atoms with Gasteiger partial charge in [0.2, 0.25) is 0 Å². The largest absolute Gasteiger partial charge is 0.478 e. The van der Waals surface area contributed by atoms with E-state index in [1.54, 1.807) is 0 Å². The SMILES string of the molecule is NC=C(C(=O)O)C(=Nc1cccnn1)C(F)(F)F. The molecule has 0 unspecified atom stereocenters. The van der Waals surface area contributed by atoms with Gasteiger partial charge >= 0.3 is 12.1 Å². The molecule has 1 aromatic heterocycles. The van der Waals surface area contributed by atoms with E-state index < -0.39 is 23.4 Å². The van der Waals surface area contributed by atoms with Crippen LogP contribution in [-0.2, 0) is 4.79 Å². The minimum absolute atomic E-state index is 0.324. The Labute approximate surface area is 98.7 Å². The Morgan fingerprint density at radius 1 is 1.50 bits per heavy atom. The minimum atomic E-state index is -4.97. The number of hydrogen-bond acceptors (Lipinski definition) is 5. The highest BCUT2D eigenvalue weighted by atomic mass is 19.4. The molecular weight excluding hydrogens is 253 g/mol. The number of carbonyl (C=O) groups is 1. The van der Waals surface area contributed by atoms with E-state index in [0.29, 0.717) is 6.20 Å². The quantitative estimate of drug-likeness (QED) is 0.624. The third kappa shape index (κ3) is 3.27. The van der Waals surface area contributed by atoms with Crippen molar-refractivity contribution >= 4 is 17.5 Å². The van der Waals surface area contributed by atoms with Gasteiger partial charge in [0.15, 0.2) is 11.5 Å². The molecule has 0 bridgehead atoms. The smallest absolute Gasteiger partial charge is 0.434 e. The summed E-state index contributed by atoms with van der Waals surface area (Å²) >= 11 is 0. The normalized spacial score (nSPS) is 13.5. The Kier molecular flexibility index (Phi) is 3.97. The lowest BCUT2D eigenvalue weighted by Crippen LogP contribution is -2.29. The number of rotatable bonds is 3. The highest BCUT2D eigenvalue weighted by Crippen LogP contribution is 2.24. The molecule has 6 nitrogen and oxygen atoms in total. The van der Waals surface area contributed by atoms with Crippen molar-refractivity contribution in [3.8, 4) is 0 Å². The van der Waals surface area contributed by atoms with Crippen LogP contribution in [0.1, 0.15) is 0 Å². The highest BCUT2D eigenvalue weighted by molar-refractivity contribution is 6.21. The van der Waals surface area contributed by atoms with Crippen LogP contribution in [0.15, 0.2) is 35.1 Å². The summed E-state index contributed by atoms with van der Waals surface area (Å²) in [6, 6.07) is 2.46. The molecule has 0 amide bonds. The van der Waals surface area contributed by atoms with Crippen LogP contribution in [0.3, 0.4) is 0 Å². The summed E-state index contributed by atoms with van der Waals surface area (Å²) in [5.41, 5.74) is 2.07. The minimum Gasteiger partial charge on any atom is -0.478 e. The van der Waals surface area contributed by atoms with Gasteiger partial charge in [0.05, 0.1) is 0 Å². The lowest BCUT2D eigenvalue weighted by Gasteiger charge is -2.10. The van der Waals surface area contributed by atoms with Gasteiger partial charge in [-0.05, 0) is 12.1 Å². The van der Waals surface area contributed by atoms with Crippen molar-refractivity contribution in [2.45, 2.75) is 6.18 Å². The topological polar surface area (TPSA) is 101 Å². The summed E-state index contributed by atoms with van der Waals surface area (Å²) in [6.07, 6.45) is -3.41. The average molecular weight is 260 g/mol. The van der Waals surface area contributed by atoms with Crippen molar-refractivity contribution in [2.75, 3.05) is 0 Å². The van der Waals surface area contributed by atoms with E-state index in [2.05, 4.69) is 15.2 Å². The van der Waals surface area contributed by atoms with Crippen molar-refractivity contribution in [1.29, 1.82) is 0 Å². The Hall–Kier alpha value is -2.45. The number of aliphatic imine (C=N–C) groups is 1. The molecular formula is C9H7F3N4O2. The lowest BCUT2D eigenvalue weighted by atomic mass is 10.1. The van der Waals surface area contributed by atoms with Gasteiger partial charge in [0, 0.05) is 12.4 Å². The van der Waals surface area contributed by atoms with Crippen molar-refractivity contribution in [3.05, 3.63) is 30.1 Å². The zero-order chi connectivity index (χ0) is 13.8. The number of aliphatic carboxylic acids is 1. The summed E-state index contributed by atoms with van der Waals surface area (Å²) in [4.78, 5) is 13.8. The first-order valence-electron chi connectivity index (χ1n) is 4.45. The van der Waals surface area contributed by atoms with Gasteiger partial charge in [-0.1, -0.05) is 0 Å². The van der Waals surface area contributed by atoms with Gasteiger partial charge in [-0.15, -0.1) is 5.10 Å². The summed E-state index contributed by atoms with van der Waals surface area (Å²) in [5.74, 6) is -2.21. The van der Waals surface area contributed by atoms with E-state index in [4.69, 9.17) is 10.8 Å². The zero-order valence-corrected chi connectivity index (χ0v) is 8.72. The Morgan fingerprint density at radius 3 is 2.56 bits per heavy atom. The fourth-order valence-electron chi connectivity index (χ4n) is 0.995. The summed E-state index contributed by atoms with van der Waals surface area (Å²) in [6.45, 7) is 0. The molecule has 18 heavy (non-hydrogen) atoms. The maximum absolute atomic E-state index is 12.7. The van der Waals surface area contributed by atoms with Crippen LogP contribution < -0.4 is 5.73 Å². The van der Waals surface area contributed by atoms with Crippen LogP contribution in [-0.4, -0.2) is 33.2 Å². The molecule has 1 aromatic rings. The Balaban J connectivity index is 3.32. The summed E-state index contributed by atoms with van der Waals surface area (Å²) in [7, 11) is 0. The summed E-state index contributed by atoms with van der Waals surface area (Å²) < 4.78 is 38.0. The van der Waals surface area contributed by atoms with Crippen molar-refractivity contribution in [1.82, 2.24) is 10.2 Å². The van der Waals surface area contributed by atoms with Crippen LogP contribution in [0.4, 0.5) is 19.0 Å². The summed E-state index contributed by atoms with van der Waals surface area (Å²) in [5, 5.41) is 15.3. The molecule has 0 aromatic carbocycles. The maximum Gasteiger partial charge on any atom is 0.434 e. The molecule has 0 saturated heterocycles. The first-order valence-corrected chi connectivity index (χ1v) is 4.45. The van der Waals surface area contributed by atoms with Gasteiger partial charge < -0.3 is 10.8 Å². The van der Waals surface area contributed by atoms with Gasteiger partial charge in [0.25, 0.3) is 0 Å². The molecule has 0 spiro atoms. The third-order valence-electron chi connectivity index (χ3n) is 1.71. The fraction of sp³-hybridized carbons (Fsp3) is 0.111. The second-order valence-electron chi connectivity index (χ2n) is 2.93. The number of nitrogens with zero attached hydrogens (tertiary/aromatic N) is 3. The highest BCUT2D eigenvalue weighted by Gasteiger charge is 2.40. The van der Waals surface area contributed by atoms with Crippen LogP contribution in [0.25, 0.3) is 0 Å². The standard InChI is InChI=1S/C9H7F3N4O2/c10-9(11,12)7(5(4-13)8(17)18)15-6-2-1-3-14-16-6/h1-4H,13H2,(H,17,18). The van der Waals surface area contributed by atoms with E-state index in [-0.39, 0.29) is 5.82 Å². The van der Waals surface area contributed by atoms with Crippen LogP contribution in [0, 0.1) is 0 Å². The number of carboxylic acid groups (broad SMARTS) is 1. The molecule has 0 aliphatic heterocycles. The van der Waals surface area contributed by atoms with E-state index >= 15 is 0 Å². The molecule has 0 aliphatic rings. The fourth-order valence-corrected chi connectivity index (χ4v) is 0.995. The Bertz CT molecular complexity index is 496. The molecule has 0 saturated carbocycles. The molecule has 9 heteroatoms. The van der Waals surface area contributed by atoms with E-state index in [1.165, 1.54) is 12.3 Å². The first-order chi connectivity index (χ1) is 8.36. The zero-order valence-electron chi connectivity index (χ0n) is 8.72. The molecule has 0 fully saturated rings. The second-order valence-corrected chi connectivity index (χ2v) is 2.93. The number of nitrogens with two attached hydrogens (primary N) is 1. The first kappa shape index (κ1) is 13.6. The predicted molar refractivity (Wildman–Crippen MR) is 55.1 cm³/mol. The Morgan fingerprint density at radius 2 is 2.17 bits per heavy atom. The van der Waals surface area contributed by atoms with Gasteiger partial charge in [-0.2, -0.15) is 18.3 Å². The number of carboxylic acids is 1. The molecule has 1 rings (SSSR count). The van der Waals surface area contributed by atoms with E-state index in [9.17, 15) is 18.0 Å².